The van der Waals surface area contributed by atoms with Crippen LogP contribution in [0.25, 0.3) is 22.4 Å². The van der Waals surface area contributed by atoms with E-state index in [9.17, 15) is 4.39 Å². The Morgan fingerprint density at radius 2 is 1.86 bits per heavy atom. The molecule has 0 aliphatic carbocycles. The zero-order valence-corrected chi connectivity index (χ0v) is 15.6. The third kappa shape index (κ3) is 3.94. The molecule has 2 aromatic heterocycles. The van der Waals surface area contributed by atoms with Gasteiger partial charge in [-0.2, -0.15) is 0 Å². The lowest BCUT2D eigenvalue weighted by Gasteiger charge is -2.24. The van der Waals surface area contributed by atoms with Crippen molar-refractivity contribution in [2.45, 2.75) is 25.9 Å². The fourth-order valence-corrected chi connectivity index (χ4v) is 3.18. The quantitative estimate of drug-likeness (QED) is 0.741. The van der Waals surface area contributed by atoms with E-state index in [4.69, 9.17) is 15.2 Å². The van der Waals surface area contributed by atoms with Gasteiger partial charge in [0.2, 0.25) is 5.88 Å². The van der Waals surface area contributed by atoms with Crippen LogP contribution in [-0.4, -0.2) is 34.3 Å². The number of hydrogen-bond acceptors (Lipinski definition) is 6. The molecule has 0 spiro atoms. The van der Waals surface area contributed by atoms with Crippen LogP contribution in [0.1, 0.15) is 18.4 Å². The number of aryl methyl sites for hydroxylation is 1. The minimum atomic E-state index is -0.393. The second-order valence-corrected chi connectivity index (χ2v) is 6.82. The van der Waals surface area contributed by atoms with Crippen molar-refractivity contribution < 1.29 is 13.9 Å². The van der Waals surface area contributed by atoms with Crippen molar-refractivity contribution in [3.63, 3.8) is 0 Å². The Kier molecular flexibility index (Phi) is 5.16. The molecule has 0 bridgehead atoms. The molecular weight excluding hydrogens is 359 g/mol. The average molecular weight is 380 g/mol. The van der Waals surface area contributed by atoms with Gasteiger partial charge < -0.3 is 15.2 Å². The van der Waals surface area contributed by atoms with Crippen LogP contribution in [0.2, 0.25) is 0 Å². The molecule has 4 rings (SSSR count). The molecule has 3 heterocycles. The van der Waals surface area contributed by atoms with Gasteiger partial charge in [0.1, 0.15) is 17.7 Å². The summed E-state index contributed by atoms with van der Waals surface area (Å²) in [4.78, 5) is 12.6. The summed E-state index contributed by atoms with van der Waals surface area (Å²) in [6, 6.07) is 6.95. The first-order chi connectivity index (χ1) is 13.6. The van der Waals surface area contributed by atoms with Crippen molar-refractivity contribution in [3.8, 4) is 28.3 Å². The number of hydrogen-bond donors (Lipinski definition) is 1. The third-order valence-electron chi connectivity index (χ3n) is 4.66. The molecule has 1 fully saturated rings. The molecular formula is C21H21FN4O2. The first-order valence-corrected chi connectivity index (χ1v) is 9.19. The Bertz CT molecular complexity index is 973. The van der Waals surface area contributed by atoms with Crippen molar-refractivity contribution in [1.82, 2.24) is 15.0 Å². The summed E-state index contributed by atoms with van der Waals surface area (Å²) in [6.45, 7) is 3.30. The fourth-order valence-electron chi connectivity index (χ4n) is 3.18. The van der Waals surface area contributed by atoms with Crippen LogP contribution in [0.3, 0.4) is 0 Å². The van der Waals surface area contributed by atoms with Crippen molar-refractivity contribution in [2.24, 2.45) is 0 Å². The van der Waals surface area contributed by atoms with Crippen molar-refractivity contribution in [3.05, 3.63) is 54.2 Å². The Hall–Kier alpha value is -3.06. The molecule has 2 N–H and O–H groups in total. The number of nitrogens with zero attached hydrogens (tertiary/aromatic N) is 3. The Balaban J connectivity index is 1.67. The molecule has 1 saturated heterocycles. The van der Waals surface area contributed by atoms with E-state index in [0.717, 1.165) is 24.0 Å². The van der Waals surface area contributed by atoms with Gasteiger partial charge in [-0.05, 0) is 36.2 Å². The van der Waals surface area contributed by atoms with Crippen LogP contribution in [0.15, 0.2) is 42.9 Å². The number of nitrogens with two attached hydrogens (primary N) is 1. The molecule has 0 unspecified atom stereocenters. The van der Waals surface area contributed by atoms with Gasteiger partial charge in [-0.3, -0.25) is 4.98 Å². The Morgan fingerprint density at radius 3 is 2.57 bits per heavy atom. The largest absolute Gasteiger partial charge is 0.474 e. The summed E-state index contributed by atoms with van der Waals surface area (Å²) in [5.41, 5.74) is 8.79. The van der Waals surface area contributed by atoms with Gasteiger partial charge in [0.15, 0.2) is 0 Å². The molecule has 28 heavy (non-hydrogen) atoms. The van der Waals surface area contributed by atoms with Gasteiger partial charge in [-0.15, -0.1) is 0 Å². The van der Waals surface area contributed by atoms with E-state index in [-0.39, 0.29) is 6.10 Å². The number of pyridine rings is 1. The predicted octanol–water partition coefficient (Wildman–Crippen LogP) is 3.79. The minimum Gasteiger partial charge on any atom is -0.474 e. The highest BCUT2D eigenvalue weighted by Crippen LogP contribution is 2.33. The number of aromatic nitrogens is 3. The standard InChI is InChI=1S/C21H21FN4O2/c1-13-8-17(21(26-10-13)28-15-4-6-27-7-5-15)14-2-3-16(18(22)9-14)19-11-25-20(23)12-24-19/h2-3,8-12,15H,4-7H2,1H3,(H2,23,25). The summed E-state index contributed by atoms with van der Waals surface area (Å²) in [6.07, 6.45) is 6.31. The van der Waals surface area contributed by atoms with E-state index in [1.165, 1.54) is 18.5 Å². The van der Waals surface area contributed by atoms with E-state index < -0.39 is 5.82 Å². The molecule has 1 aliphatic heterocycles. The number of benzene rings is 1. The van der Waals surface area contributed by atoms with Crippen LogP contribution in [0.5, 0.6) is 5.88 Å². The van der Waals surface area contributed by atoms with E-state index in [1.807, 2.05) is 19.1 Å². The molecule has 0 amide bonds. The van der Waals surface area contributed by atoms with Crippen molar-refractivity contribution in [2.75, 3.05) is 18.9 Å². The monoisotopic (exact) mass is 380 g/mol. The lowest BCUT2D eigenvalue weighted by Crippen LogP contribution is -2.26. The second-order valence-electron chi connectivity index (χ2n) is 6.82. The molecule has 1 aliphatic rings. The van der Waals surface area contributed by atoms with Gasteiger partial charge in [0.05, 0.1) is 31.3 Å². The third-order valence-corrected chi connectivity index (χ3v) is 4.66. The van der Waals surface area contributed by atoms with Crippen LogP contribution in [0.4, 0.5) is 10.2 Å². The van der Waals surface area contributed by atoms with Crippen LogP contribution in [0, 0.1) is 12.7 Å². The van der Waals surface area contributed by atoms with Gasteiger partial charge in [-0.1, -0.05) is 6.07 Å². The molecule has 7 heteroatoms. The maximum Gasteiger partial charge on any atom is 0.221 e. The number of ether oxygens (including phenoxy) is 2. The smallest absolute Gasteiger partial charge is 0.221 e. The maximum absolute atomic E-state index is 14.8. The number of halogens is 1. The molecule has 144 valence electrons. The topological polar surface area (TPSA) is 83.2 Å². The normalized spacial score (nSPS) is 14.8. The summed E-state index contributed by atoms with van der Waals surface area (Å²) in [5.74, 6) is 0.411. The van der Waals surface area contributed by atoms with E-state index in [2.05, 4.69) is 15.0 Å². The summed E-state index contributed by atoms with van der Waals surface area (Å²) >= 11 is 0. The maximum atomic E-state index is 14.8. The zero-order chi connectivity index (χ0) is 19.5. The lowest BCUT2D eigenvalue weighted by atomic mass is 10.0. The summed E-state index contributed by atoms with van der Waals surface area (Å²) in [7, 11) is 0. The first-order valence-electron chi connectivity index (χ1n) is 9.19. The minimum absolute atomic E-state index is 0.0527. The molecule has 0 atom stereocenters. The first kappa shape index (κ1) is 18.3. The summed E-state index contributed by atoms with van der Waals surface area (Å²) in [5, 5.41) is 0. The van der Waals surface area contributed by atoms with Crippen molar-refractivity contribution >= 4 is 5.82 Å². The number of rotatable bonds is 4. The predicted molar refractivity (Wildman–Crippen MR) is 104 cm³/mol. The number of anilines is 1. The fraction of sp³-hybridized carbons (Fsp3) is 0.286. The second kappa shape index (κ2) is 7.90. The van der Waals surface area contributed by atoms with Crippen molar-refractivity contribution in [1.29, 1.82) is 0 Å². The molecule has 0 saturated carbocycles. The molecule has 3 aromatic rings. The molecule has 1 aromatic carbocycles. The van der Waals surface area contributed by atoms with Gasteiger partial charge >= 0.3 is 0 Å². The van der Waals surface area contributed by atoms with Gasteiger partial charge in [0, 0.05) is 30.2 Å². The van der Waals surface area contributed by atoms with Gasteiger partial charge in [0.25, 0.3) is 0 Å². The van der Waals surface area contributed by atoms with E-state index >= 15 is 0 Å². The lowest BCUT2D eigenvalue weighted by molar-refractivity contribution is 0.0240. The SMILES string of the molecule is Cc1cnc(OC2CCOCC2)c(-c2ccc(-c3cnc(N)cn3)c(F)c2)c1. The van der Waals surface area contributed by atoms with Crippen LogP contribution in [-0.2, 0) is 4.74 Å². The highest BCUT2D eigenvalue weighted by molar-refractivity contribution is 5.72. The van der Waals surface area contributed by atoms with Crippen LogP contribution >= 0.6 is 0 Å². The van der Waals surface area contributed by atoms with Gasteiger partial charge in [-0.25, -0.2) is 14.4 Å². The van der Waals surface area contributed by atoms with Crippen LogP contribution < -0.4 is 10.5 Å². The highest BCUT2D eigenvalue weighted by atomic mass is 19.1. The number of nitrogen functional groups attached to an aromatic ring is 1. The Labute approximate surface area is 162 Å². The van der Waals surface area contributed by atoms with E-state index in [1.54, 1.807) is 12.3 Å². The molecule has 6 nitrogen and oxygen atoms in total. The highest BCUT2D eigenvalue weighted by Gasteiger charge is 2.19. The molecule has 0 radical (unpaired) electrons. The summed E-state index contributed by atoms with van der Waals surface area (Å²) < 4.78 is 26.3. The van der Waals surface area contributed by atoms with E-state index in [0.29, 0.717) is 41.7 Å². The average Bonchev–Trinajstić information content (AvgIpc) is 2.71. The Morgan fingerprint density at radius 1 is 1.04 bits per heavy atom. The zero-order valence-electron chi connectivity index (χ0n) is 15.6.